The molecule has 4 saturated carbocycles. The Hall–Kier alpha value is -2.64. The molecule has 4 aliphatic carbocycles. The monoisotopic (exact) mass is 531 g/mol. The van der Waals surface area contributed by atoms with Crippen LogP contribution in [0.4, 0.5) is 4.39 Å². The van der Waals surface area contributed by atoms with Gasteiger partial charge in [0.1, 0.15) is 0 Å². The lowest BCUT2D eigenvalue weighted by Gasteiger charge is -2.57. The van der Waals surface area contributed by atoms with Crippen LogP contribution in [0.5, 0.6) is 5.75 Å². The molecule has 0 unspecified atom stereocenters. The maximum atomic E-state index is 15.2. The largest absolute Gasteiger partial charge is 0.505 e. The Morgan fingerprint density at radius 1 is 1.00 bits per heavy atom. The fraction of sp³-hybridized carbons (Fsp3) is 0.484. The molecule has 1 N–H and O–H groups in total. The van der Waals surface area contributed by atoms with Gasteiger partial charge in [-0.3, -0.25) is 4.79 Å². The zero-order valence-electron chi connectivity index (χ0n) is 21.8. The van der Waals surface area contributed by atoms with Crippen molar-refractivity contribution in [3.8, 4) is 16.9 Å². The summed E-state index contributed by atoms with van der Waals surface area (Å²) in [6.07, 6.45) is 8.99. The van der Waals surface area contributed by atoms with E-state index in [1.807, 2.05) is 36.4 Å². The van der Waals surface area contributed by atoms with Crippen molar-refractivity contribution in [2.75, 3.05) is 33.2 Å². The van der Waals surface area contributed by atoms with Crippen LogP contribution in [0.25, 0.3) is 17.2 Å². The molecule has 38 heavy (non-hydrogen) atoms. The molecular weight excluding hydrogens is 497 g/mol. The molecule has 5 nitrogen and oxygen atoms in total. The fourth-order valence-corrected chi connectivity index (χ4v) is 9.07. The van der Waals surface area contributed by atoms with Crippen LogP contribution in [-0.4, -0.2) is 59.2 Å². The van der Waals surface area contributed by atoms with Crippen LogP contribution in [0.3, 0.4) is 0 Å². The smallest absolute Gasteiger partial charge is 0.286 e. The van der Waals surface area contributed by atoms with Gasteiger partial charge >= 0.3 is 0 Å². The third-order valence-electron chi connectivity index (χ3n) is 9.57. The number of nitrogens with zero attached hydrogens (tertiary/aromatic N) is 3. The highest BCUT2D eigenvalue weighted by atomic mass is 32.2. The lowest BCUT2D eigenvalue weighted by atomic mass is 9.48. The van der Waals surface area contributed by atoms with Crippen molar-refractivity contribution in [3.63, 3.8) is 0 Å². The number of amides is 1. The number of carbonyl (C=O) groups is 1. The van der Waals surface area contributed by atoms with Crippen molar-refractivity contribution in [1.82, 2.24) is 9.80 Å². The molecule has 4 bridgehead atoms. The van der Waals surface area contributed by atoms with Gasteiger partial charge in [-0.15, -0.1) is 0 Å². The maximum Gasteiger partial charge on any atom is 0.286 e. The van der Waals surface area contributed by atoms with Crippen molar-refractivity contribution in [2.45, 2.75) is 43.9 Å². The second-order valence-corrected chi connectivity index (χ2v) is 13.3. The van der Waals surface area contributed by atoms with E-state index in [1.54, 1.807) is 0 Å². The van der Waals surface area contributed by atoms with Gasteiger partial charge in [-0.1, -0.05) is 18.2 Å². The Bertz CT molecular complexity index is 1330. The number of piperazine rings is 1. The number of hydrogen-bond donors (Lipinski definition) is 1. The quantitative estimate of drug-likeness (QED) is 0.501. The molecule has 2 aromatic carbocycles. The number of likely N-dealkylation sites (N-methyl/N-ethyl adjacent to an activating group) is 1. The first-order valence-electron chi connectivity index (χ1n) is 13.9. The summed E-state index contributed by atoms with van der Waals surface area (Å²) in [7, 11) is 2.11. The van der Waals surface area contributed by atoms with E-state index < -0.39 is 5.82 Å². The summed E-state index contributed by atoms with van der Waals surface area (Å²) < 4.78 is 15.2. The molecule has 0 aromatic heterocycles. The Morgan fingerprint density at radius 3 is 2.37 bits per heavy atom. The molecule has 8 rings (SSSR count). The molecule has 0 spiro atoms. The van der Waals surface area contributed by atoms with Crippen molar-refractivity contribution in [3.05, 3.63) is 58.2 Å². The van der Waals surface area contributed by atoms with Gasteiger partial charge in [-0.25, -0.2) is 4.39 Å². The van der Waals surface area contributed by atoms with Gasteiger partial charge in [0.05, 0.1) is 4.91 Å². The Kier molecular flexibility index (Phi) is 5.93. The number of hydrogen-bond acceptors (Lipinski definition) is 5. The molecule has 5 fully saturated rings. The molecule has 7 heteroatoms. The summed E-state index contributed by atoms with van der Waals surface area (Å²) in [6, 6.07) is 11.4. The number of aromatic hydroxyl groups is 1. The van der Waals surface area contributed by atoms with Crippen LogP contribution in [0, 0.1) is 23.6 Å². The van der Waals surface area contributed by atoms with E-state index in [0.717, 1.165) is 72.9 Å². The van der Waals surface area contributed by atoms with Gasteiger partial charge in [-0.05, 0) is 121 Å². The Labute approximate surface area is 227 Å². The number of phenolic OH excluding ortho intramolecular Hbond substituents is 1. The fourth-order valence-electron chi connectivity index (χ4n) is 8.10. The van der Waals surface area contributed by atoms with Crippen LogP contribution in [0.1, 0.15) is 49.7 Å². The van der Waals surface area contributed by atoms with Crippen molar-refractivity contribution >= 4 is 28.9 Å². The van der Waals surface area contributed by atoms with Crippen LogP contribution in [0.2, 0.25) is 0 Å². The SMILES string of the molecule is CN1CCN(C2=NC(=O)C(=Cc3cccc(-c4cc(F)c(O)c(C56CC7CC(CC(C7)C5)C6)c4)c3)S2)CC1. The van der Waals surface area contributed by atoms with Crippen molar-refractivity contribution in [2.24, 2.45) is 22.7 Å². The van der Waals surface area contributed by atoms with E-state index in [2.05, 4.69) is 21.8 Å². The Balaban J connectivity index is 1.17. The second kappa shape index (κ2) is 9.23. The summed E-state index contributed by atoms with van der Waals surface area (Å²) in [6.45, 7) is 3.67. The third-order valence-corrected chi connectivity index (χ3v) is 10.6. The van der Waals surface area contributed by atoms with E-state index in [-0.39, 0.29) is 17.1 Å². The number of aliphatic imine (C=N–C) groups is 1. The minimum absolute atomic E-state index is 0.0980. The van der Waals surface area contributed by atoms with E-state index in [4.69, 9.17) is 0 Å². The summed E-state index contributed by atoms with van der Waals surface area (Å²) >= 11 is 1.44. The van der Waals surface area contributed by atoms with E-state index >= 15 is 4.39 Å². The minimum atomic E-state index is -0.538. The molecule has 1 amide bonds. The Morgan fingerprint density at radius 2 is 1.68 bits per heavy atom. The predicted octanol–water partition coefficient (Wildman–Crippen LogP) is 5.88. The van der Waals surface area contributed by atoms with Crippen LogP contribution in [-0.2, 0) is 10.2 Å². The molecule has 2 aliphatic heterocycles. The van der Waals surface area contributed by atoms with E-state index in [9.17, 15) is 9.90 Å². The summed E-state index contributed by atoms with van der Waals surface area (Å²) in [5.41, 5.74) is 3.27. The lowest BCUT2D eigenvalue weighted by Crippen LogP contribution is -2.48. The number of carbonyl (C=O) groups excluding carboxylic acids is 1. The van der Waals surface area contributed by atoms with Gasteiger partial charge in [0.25, 0.3) is 5.91 Å². The summed E-state index contributed by atoms with van der Waals surface area (Å²) in [5, 5.41) is 11.7. The van der Waals surface area contributed by atoms with Crippen LogP contribution >= 0.6 is 11.8 Å². The van der Waals surface area contributed by atoms with Crippen molar-refractivity contribution < 1.29 is 14.3 Å². The number of amidine groups is 1. The minimum Gasteiger partial charge on any atom is -0.505 e. The second-order valence-electron chi connectivity index (χ2n) is 12.3. The van der Waals surface area contributed by atoms with Gasteiger partial charge in [0, 0.05) is 31.7 Å². The van der Waals surface area contributed by atoms with E-state index in [0.29, 0.717) is 22.7 Å². The molecule has 198 valence electrons. The van der Waals surface area contributed by atoms with Crippen molar-refractivity contribution in [1.29, 1.82) is 0 Å². The van der Waals surface area contributed by atoms with Crippen LogP contribution < -0.4 is 0 Å². The van der Waals surface area contributed by atoms with E-state index in [1.165, 1.54) is 37.1 Å². The predicted molar refractivity (Wildman–Crippen MR) is 150 cm³/mol. The summed E-state index contributed by atoms with van der Waals surface area (Å²) in [4.78, 5) is 22.1. The van der Waals surface area contributed by atoms with Crippen LogP contribution in [0.15, 0.2) is 46.3 Å². The third kappa shape index (κ3) is 4.28. The van der Waals surface area contributed by atoms with Gasteiger partial charge in [-0.2, -0.15) is 4.99 Å². The molecule has 0 atom stereocenters. The molecule has 2 aromatic rings. The highest BCUT2D eigenvalue weighted by Gasteiger charge is 2.52. The average Bonchev–Trinajstić information content (AvgIpc) is 3.25. The number of thioether (sulfide) groups is 1. The maximum absolute atomic E-state index is 15.2. The molecule has 2 heterocycles. The number of rotatable bonds is 3. The number of phenols is 1. The van der Waals surface area contributed by atoms with Gasteiger partial charge in [0.15, 0.2) is 16.7 Å². The molecular formula is C31H34FN3O2S. The normalized spacial score (nSPS) is 31.9. The topological polar surface area (TPSA) is 56.1 Å². The first-order valence-corrected chi connectivity index (χ1v) is 14.8. The highest BCUT2D eigenvalue weighted by molar-refractivity contribution is 8.18. The summed E-state index contributed by atoms with van der Waals surface area (Å²) in [5.74, 6) is 1.23. The number of halogens is 1. The highest BCUT2D eigenvalue weighted by Crippen LogP contribution is 2.62. The average molecular weight is 532 g/mol. The van der Waals surface area contributed by atoms with Gasteiger partial charge < -0.3 is 14.9 Å². The molecule has 6 aliphatic rings. The lowest BCUT2D eigenvalue weighted by molar-refractivity contribution is -0.113. The number of benzene rings is 2. The first-order chi connectivity index (χ1) is 18.3. The van der Waals surface area contributed by atoms with Gasteiger partial charge in [0.2, 0.25) is 0 Å². The zero-order chi connectivity index (χ0) is 26.0. The zero-order valence-corrected chi connectivity index (χ0v) is 22.6. The first kappa shape index (κ1) is 24.4. The standard InChI is InChI=1S/C31H34FN3O2S/c1-34-5-7-35(8-6-34)30-33-29(37)27(38-30)13-19-3-2-4-23(12-19)24-14-25(28(36)26(32)15-24)31-16-20-9-21(17-31)11-22(10-20)18-31/h2-4,12-15,20-22,36H,5-11,16-18H2,1H3. The molecule has 1 saturated heterocycles. The molecule has 0 radical (unpaired) electrons.